The Kier molecular flexibility index (Phi) is 8.95. The minimum atomic E-state index is -0.0314. The molecule has 2 fully saturated rings. The van der Waals surface area contributed by atoms with E-state index < -0.39 is 0 Å². The van der Waals surface area contributed by atoms with E-state index in [-0.39, 0.29) is 11.8 Å². The van der Waals surface area contributed by atoms with Crippen molar-refractivity contribution in [3.05, 3.63) is 53.9 Å². The molecule has 1 saturated heterocycles. The van der Waals surface area contributed by atoms with Crippen molar-refractivity contribution in [3.63, 3.8) is 0 Å². The first-order chi connectivity index (χ1) is 17.1. The van der Waals surface area contributed by atoms with E-state index in [1.54, 1.807) is 30.6 Å². The largest absolute Gasteiger partial charge is 0.490 e. The number of carbonyl (C=O) groups excluding carboxylic acids is 2. The van der Waals surface area contributed by atoms with E-state index in [4.69, 9.17) is 9.47 Å². The Bertz CT molecular complexity index is 970. The van der Waals surface area contributed by atoms with Gasteiger partial charge in [0, 0.05) is 55.7 Å². The molecule has 0 atom stereocenters. The molecule has 1 aliphatic heterocycles. The quantitative estimate of drug-likeness (QED) is 0.593. The number of rotatable bonds is 9. The highest BCUT2D eigenvalue weighted by atomic mass is 16.5. The summed E-state index contributed by atoms with van der Waals surface area (Å²) in [7, 11) is 0. The van der Waals surface area contributed by atoms with Crippen LogP contribution in [0.5, 0.6) is 11.5 Å². The lowest BCUT2D eigenvalue weighted by Gasteiger charge is -2.35. The highest BCUT2D eigenvalue weighted by Gasteiger charge is 2.25. The third kappa shape index (κ3) is 7.18. The van der Waals surface area contributed by atoms with Crippen molar-refractivity contribution in [2.24, 2.45) is 0 Å². The second kappa shape index (κ2) is 12.5. The van der Waals surface area contributed by atoms with Crippen LogP contribution in [0.2, 0.25) is 0 Å². The van der Waals surface area contributed by atoms with E-state index in [0.717, 1.165) is 18.4 Å². The molecular weight excluding hydrogens is 444 g/mol. The fourth-order valence-electron chi connectivity index (χ4n) is 4.69. The van der Waals surface area contributed by atoms with Crippen LogP contribution in [0.3, 0.4) is 0 Å². The van der Waals surface area contributed by atoms with Crippen LogP contribution in [0.15, 0.2) is 42.7 Å². The molecule has 2 aliphatic rings. The Hall–Kier alpha value is -3.13. The van der Waals surface area contributed by atoms with Crippen LogP contribution in [0, 0.1) is 0 Å². The predicted octanol–water partition coefficient (Wildman–Crippen LogP) is 3.27. The molecule has 1 N–H and O–H groups in total. The van der Waals surface area contributed by atoms with Crippen molar-refractivity contribution < 1.29 is 19.1 Å². The average molecular weight is 481 g/mol. The summed E-state index contributed by atoms with van der Waals surface area (Å²) in [6.07, 6.45) is 9.34. The van der Waals surface area contributed by atoms with Crippen molar-refractivity contribution in [1.29, 1.82) is 0 Å². The van der Waals surface area contributed by atoms with Gasteiger partial charge in [0.15, 0.2) is 11.5 Å². The predicted molar refractivity (Wildman–Crippen MR) is 134 cm³/mol. The molecule has 35 heavy (non-hydrogen) atoms. The van der Waals surface area contributed by atoms with E-state index >= 15 is 0 Å². The second-order valence-corrected chi connectivity index (χ2v) is 9.22. The Balaban J connectivity index is 1.29. The highest BCUT2D eigenvalue weighted by Crippen LogP contribution is 2.30. The van der Waals surface area contributed by atoms with Gasteiger partial charge in [0.25, 0.3) is 5.91 Å². The van der Waals surface area contributed by atoms with Gasteiger partial charge in [-0.3, -0.25) is 19.5 Å². The maximum absolute atomic E-state index is 13.2. The summed E-state index contributed by atoms with van der Waals surface area (Å²) in [4.78, 5) is 33.7. The van der Waals surface area contributed by atoms with Crippen molar-refractivity contribution in [1.82, 2.24) is 20.1 Å². The number of amides is 2. The van der Waals surface area contributed by atoms with Crippen LogP contribution in [0.25, 0.3) is 0 Å². The average Bonchev–Trinajstić information content (AvgIpc) is 2.89. The monoisotopic (exact) mass is 480 g/mol. The molecule has 1 aromatic heterocycles. The van der Waals surface area contributed by atoms with E-state index in [0.29, 0.717) is 69.0 Å². The minimum Gasteiger partial charge on any atom is -0.490 e. The van der Waals surface area contributed by atoms with Crippen LogP contribution in [0.1, 0.15) is 54.9 Å². The minimum absolute atomic E-state index is 0.0314. The molecule has 4 rings (SSSR count). The number of pyridine rings is 1. The van der Waals surface area contributed by atoms with Gasteiger partial charge in [0.05, 0.1) is 13.2 Å². The van der Waals surface area contributed by atoms with Gasteiger partial charge in [0.1, 0.15) is 6.61 Å². The van der Waals surface area contributed by atoms with E-state index in [1.165, 1.54) is 19.3 Å². The van der Waals surface area contributed by atoms with Crippen LogP contribution >= 0.6 is 0 Å². The molecule has 8 heteroatoms. The number of aromatic nitrogens is 1. The summed E-state index contributed by atoms with van der Waals surface area (Å²) in [6, 6.07) is 9.48. The van der Waals surface area contributed by atoms with Gasteiger partial charge in [-0.05, 0) is 44.0 Å². The zero-order valence-electron chi connectivity index (χ0n) is 20.6. The smallest absolute Gasteiger partial charge is 0.254 e. The molecule has 1 aromatic carbocycles. The number of carbonyl (C=O) groups is 2. The van der Waals surface area contributed by atoms with Crippen LogP contribution in [-0.4, -0.2) is 72.0 Å². The zero-order chi connectivity index (χ0) is 24.5. The second-order valence-electron chi connectivity index (χ2n) is 9.22. The Morgan fingerprint density at radius 2 is 1.83 bits per heavy atom. The first kappa shape index (κ1) is 25.0. The molecular formula is C27H36N4O4. The summed E-state index contributed by atoms with van der Waals surface area (Å²) in [5, 5.41) is 3.18. The summed E-state index contributed by atoms with van der Waals surface area (Å²) >= 11 is 0. The Labute approximate surface area is 207 Å². The van der Waals surface area contributed by atoms with Gasteiger partial charge in [-0.25, -0.2) is 0 Å². The fraction of sp³-hybridized carbons (Fsp3) is 0.519. The maximum Gasteiger partial charge on any atom is 0.254 e. The molecule has 0 bridgehead atoms. The lowest BCUT2D eigenvalue weighted by Crippen LogP contribution is -2.52. The molecule has 0 radical (unpaired) electrons. The van der Waals surface area contributed by atoms with Gasteiger partial charge < -0.3 is 19.7 Å². The fourth-order valence-corrected chi connectivity index (χ4v) is 4.69. The van der Waals surface area contributed by atoms with Crippen molar-refractivity contribution in [2.45, 2.75) is 51.7 Å². The number of ether oxygens (including phenoxy) is 2. The number of piperazine rings is 1. The number of benzene rings is 1. The molecule has 1 aliphatic carbocycles. The lowest BCUT2D eigenvalue weighted by molar-refractivity contribution is -0.123. The summed E-state index contributed by atoms with van der Waals surface area (Å²) < 4.78 is 11.7. The summed E-state index contributed by atoms with van der Waals surface area (Å²) in [5.41, 5.74) is 1.53. The number of hydrogen-bond acceptors (Lipinski definition) is 6. The van der Waals surface area contributed by atoms with Gasteiger partial charge in [-0.1, -0.05) is 25.3 Å². The van der Waals surface area contributed by atoms with Gasteiger partial charge >= 0.3 is 0 Å². The number of hydrogen-bond donors (Lipinski definition) is 1. The van der Waals surface area contributed by atoms with E-state index in [9.17, 15) is 9.59 Å². The number of nitrogens with one attached hydrogen (secondary N) is 1. The molecule has 2 aromatic rings. The molecule has 8 nitrogen and oxygen atoms in total. The molecule has 1 saturated carbocycles. The highest BCUT2D eigenvalue weighted by molar-refractivity contribution is 5.95. The van der Waals surface area contributed by atoms with Crippen LogP contribution in [0.4, 0.5) is 0 Å². The standard InChI is InChI=1S/C27H36N4O4/c1-2-34-25-17-22(10-11-24(25)35-20-21-7-6-12-28-18-21)27(33)31-15-13-30(14-16-31)19-26(32)29-23-8-4-3-5-9-23/h6-7,10-12,17-18,23H,2-5,8-9,13-16,19-20H2,1H3,(H,29,32). The van der Waals surface area contributed by atoms with Crippen LogP contribution in [-0.2, 0) is 11.4 Å². The first-order valence-corrected chi connectivity index (χ1v) is 12.7. The Morgan fingerprint density at radius 1 is 1.03 bits per heavy atom. The molecule has 0 spiro atoms. The molecule has 188 valence electrons. The maximum atomic E-state index is 13.2. The lowest BCUT2D eigenvalue weighted by atomic mass is 9.95. The SMILES string of the molecule is CCOc1cc(C(=O)N2CCN(CC(=O)NC3CCCCC3)CC2)ccc1OCc1cccnc1. The zero-order valence-corrected chi connectivity index (χ0v) is 20.6. The molecule has 2 amide bonds. The number of nitrogens with zero attached hydrogens (tertiary/aromatic N) is 3. The van der Waals surface area contributed by atoms with Crippen LogP contribution < -0.4 is 14.8 Å². The third-order valence-electron chi connectivity index (χ3n) is 6.60. The normalized spacial score (nSPS) is 17.1. The van der Waals surface area contributed by atoms with Crippen molar-refractivity contribution in [3.8, 4) is 11.5 Å². The van der Waals surface area contributed by atoms with E-state index in [1.807, 2.05) is 24.0 Å². The Morgan fingerprint density at radius 3 is 2.54 bits per heavy atom. The molecule has 0 unspecified atom stereocenters. The third-order valence-corrected chi connectivity index (χ3v) is 6.60. The van der Waals surface area contributed by atoms with Gasteiger partial charge in [0.2, 0.25) is 5.91 Å². The molecule has 2 heterocycles. The van der Waals surface area contributed by atoms with E-state index in [2.05, 4.69) is 15.2 Å². The summed E-state index contributed by atoms with van der Waals surface area (Å²) in [6.45, 7) is 5.72. The van der Waals surface area contributed by atoms with Gasteiger partial charge in [-0.15, -0.1) is 0 Å². The van der Waals surface area contributed by atoms with Crippen molar-refractivity contribution >= 4 is 11.8 Å². The van der Waals surface area contributed by atoms with Crippen molar-refractivity contribution in [2.75, 3.05) is 39.3 Å². The first-order valence-electron chi connectivity index (χ1n) is 12.7. The summed E-state index contributed by atoms with van der Waals surface area (Å²) in [5.74, 6) is 1.22. The van der Waals surface area contributed by atoms with Gasteiger partial charge in [-0.2, -0.15) is 0 Å². The topological polar surface area (TPSA) is 84.0 Å².